The Bertz CT molecular complexity index is 973. The average Bonchev–Trinajstić information content (AvgIpc) is 2.77. The average molecular weight is 435 g/mol. The molecule has 0 saturated heterocycles. The van der Waals surface area contributed by atoms with Crippen molar-refractivity contribution in [3.63, 3.8) is 0 Å². The van der Waals surface area contributed by atoms with Crippen LogP contribution >= 0.6 is 0 Å². The molecule has 8 nitrogen and oxygen atoms in total. The van der Waals surface area contributed by atoms with Gasteiger partial charge < -0.3 is 14.8 Å². The summed E-state index contributed by atoms with van der Waals surface area (Å²) in [5.41, 5.74) is 0.535. The van der Waals surface area contributed by atoms with Crippen molar-refractivity contribution in [1.82, 2.24) is 5.32 Å². The van der Waals surface area contributed by atoms with E-state index >= 15 is 0 Å². The molecule has 1 amide bonds. The molecular weight excluding hydrogens is 408 g/mol. The van der Waals surface area contributed by atoms with Crippen LogP contribution in [-0.4, -0.2) is 47.6 Å². The molecule has 162 valence electrons. The number of nitrogens with one attached hydrogen (secondary N) is 1. The van der Waals surface area contributed by atoms with E-state index in [1.807, 2.05) is 6.92 Å². The Kier molecular flexibility index (Phi) is 8.23. The van der Waals surface area contributed by atoms with Crippen molar-refractivity contribution in [3.8, 4) is 5.75 Å². The first-order valence-corrected chi connectivity index (χ1v) is 10.9. The summed E-state index contributed by atoms with van der Waals surface area (Å²) in [4.78, 5) is 23.7. The second-order valence-corrected chi connectivity index (χ2v) is 8.42. The van der Waals surface area contributed by atoms with Gasteiger partial charge >= 0.3 is 5.97 Å². The zero-order valence-electron chi connectivity index (χ0n) is 17.3. The minimum Gasteiger partial charge on any atom is -0.495 e. The highest BCUT2D eigenvalue weighted by Crippen LogP contribution is 2.30. The minimum absolute atomic E-state index is 0.00441. The summed E-state index contributed by atoms with van der Waals surface area (Å²) in [6.45, 7) is 2.14. The molecule has 0 bridgehead atoms. The molecule has 1 N–H and O–H groups in total. The summed E-state index contributed by atoms with van der Waals surface area (Å²) in [6, 6.07) is 12.1. The van der Waals surface area contributed by atoms with Crippen LogP contribution in [0.4, 0.5) is 5.69 Å². The van der Waals surface area contributed by atoms with Crippen molar-refractivity contribution in [1.29, 1.82) is 0 Å². The molecular formula is C21H26N2O6S. The predicted octanol–water partition coefficient (Wildman–Crippen LogP) is 2.59. The van der Waals surface area contributed by atoms with Gasteiger partial charge in [0, 0.05) is 13.6 Å². The van der Waals surface area contributed by atoms with E-state index in [1.54, 1.807) is 24.3 Å². The van der Waals surface area contributed by atoms with Gasteiger partial charge in [0.15, 0.2) is 6.61 Å². The second kappa shape index (κ2) is 10.6. The lowest BCUT2D eigenvalue weighted by atomic mass is 10.2. The summed E-state index contributed by atoms with van der Waals surface area (Å²) in [7, 11) is -0.983. The van der Waals surface area contributed by atoms with Crippen LogP contribution in [0.1, 0.15) is 30.1 Å². The lowest BCUT2D eigenvalue weighted by Gasteiger charge is -2.21. The van der Waals surface area contributed by atoms with E-state index in [0.717, 1.165) is 17.1 Å². The van der Waals surface area contributed by atoms with Crippen molar-refractivity contribution in [2.75, 3.05) is 31.6 Å². The number of rotatable bonds is 10. The van der Waals surface area contributed by atoms with Gasteiger partial charge in [-0.25, -0.2) is 13.2 Å². The number of amides is 1. The number of sulfonamides is 1. The molecule has 0 aliphatic carbocycles. The van der Waals surface area contributed by atoms with Gasteiger partial charge in [0.2, 0.25) is 0 Å². The largest absolute Gasteiger partial charge is 0.495 e. The third kappa shape index (κ3) is 5.73. The number of hydrogen-bond acceptors (Lipinski definition) is 6. The normalized spacial score (nSPS) is 10.9. The molecule has 2 aromatic carbocycles. The lowest BCUT2D eigenvalue weighted by molar-refractivity contribution is -0.124. The fraction of sp³-hybridized carbons (Fsp3) is 0.333. The molecule has 0 atom stereocenters. The monoisotopic (exact) mass is 434 g/mol. The molecule has 9 heteroatoms. The Hall–Kier alpha value is -3.07. The van der Waals surface area contributed by atoms with E-state index in [0.29, 0.717) is 18.0 Å². The first-order chi connectivity index (χ1) is 14.3. The summed E-state index contributed by atoms with van der Waals surface area (Å²) in [5, 5.41) is 2.65. The third-order valence-corrected chi connectivity index (χ3v) is 6.15. The minimum atomic E-state index is -3.87. The highest BCUT2D eigenvalue weighted by Gasteiger charge is 2.24. The smallest absolute Gasteiger partial charge is 0.338 e. The van der Waals surface area contributed by atoms with Gasteiger partial charge in [-0.2, -0.15) is 0 Å². The van der Waals surface area contributed by atoms with Crippen molar-refractivity contribution >= 4 is 27.6 Å². The van der Waals surface area contributed by atoms with Crippen LogP contribution in [0.15, 0.2) is 53.4 Å². The van der Waals surface area contributed by atoms with Gasteiger partial charge in [-0.05, 0) is 42.8 Å². The predicted molar refractivity (Wildman–Crippen MR) is 113 cm³/mol. The summed E-state index contributed by atoms with van der Waals surface area (Å²) in [5.74, 6) is -0.668. The molecule has 0 aliphatic rings. The van der Waals surface area contributed by atoms with E-state index in [-0.39, 0.29) is 23.0 Å². The van der Waals surface area contributed by atoms with Crippen LogP contribution in [0.3, 0.4) is 0 Å². The third-order valence-electron chi connectivity index (χ3n) is 4.36. The number of ether oxygens (including phenoxy) is 2. The molecule has 2 aromatic rings. The van der Waals surface area contributed by atoms with E-state index in [2.05, 4.69) is 5.32 Å². The summed E-state index contributed by atoms with van der Waals surface area (Å²) in [6.07, 6.45) is 1.79. The Morgan fingerprint density at radius 2 is 1.73 bits per heavy atom. The van der Waals surface area contributed by atoms with Gasteiger partial charge in [-0.15, -0.1) is 0 Å². The molecule has 0 saturated carbocycles. The Morgan fingerprint density at radius 1 is 1.07 bits per heavy atom. The number of hydrogen-bond donors (Lipinski definition) is 1. The maximum absolute atomic E-state index is 12.9. The van der Waals surface area contributed by atoms with Gasteiger partial charge in [-0.3, -0.25) is 9.10 Å². The highest BCUT2D eigenvalue weighted by molar-refractivity contribution is 7.92. The quantitative estimate of drug-likeness (QED) is 0.456. The Morgan fingerprint density at radius 3 is 2.37 bits per heavy atom. The van der Waals surface area contributed by atoms with Crippen LogP contribution in [0, 0.1) is 0 Å². The number of anilines is 1. The fourth-order valence-electron chi connectivity index (χ4n) is 2.61. The van der Waals surface area contributed by atoms with Crippen molar-refractivity contribution in [3.05, 3.63) is 54.1 Å². The van der Waals surface area contributed by atoms with E-state index in [1.165, 1.54) is 38.4 Å². The van der Waals surface area contributed by atoms with E-state index < -0.39 is 16.0 Å². The number of unbranched alkanes of at least 4 members (excludes halogenated alkanes) is 1. The molecule has 0 spiro atoms. The fourth-order valence-corrected chi connectivity index (χ4v) is 3.82. The maximum atomic E-state index is 12.9. The molecule has 0 fully saturated rings. The molecule has 0 aliphatic heterocycles. The van der Waals surface area contributed by atoms with Crippen molar-refractivity contribution in [2.24, 2.45) is 0 Å². The van der Waals surface area contributed by atoms with E-state index in [4.69, 9.17) is 9.47 Å². The number of para-hydroxylation sites is 2. The van der Waals surface area contributed by atoms with Crippen LogP contribution in [-0.2, 0) is 19.6 Å². The summed E-state index contributed by atoms with van der Waals surface area (Å²) < 4.78 is 37.1. The second-order valence-electron chi connectivity index (χ2n) is 6.45. The maximum Gasteiger partial charge on any atom is 0.338 e. The van der Waals surface area contributed by atoms with E-state index in [9.17, 15) is 18.0 Å². The number of esters is 1. The number of benzene rings is 2. The highest BCUT2D eigenvalue weighted by atomic mass is 32.2. The zero-order valence-corrected chi connectivity index (χ0v) is 18.1. The number of nitrogens with zero attached hydrogens (tertiary/aromatic N) is 1. The first-order valence-electron chi connectivity index (χ1n) is 9.47. The number of carbonyl (C=O) groups excluding carboxylic acids is 2. The standard InChI is InChI=1S/C21H26N2O6S/c1-4-5-14-22-20(24)15-29-21(25)16-10-12-17(13-11-16)30(26,27)23(2)18-8-6-7-9-19(18)28-3/h6-13H,4-5,14-15H2,1-3H3,(H,22,24). The van der Waals surface area contributed by atoms with Gasteiger partial charge in [0.1, 0.15) is 5.75 Å². The molecule has 0 unspecified atom stereocenters. The summed E-state index contributed by atoms with van der Waals surface area (Å²) >= 11 is 0. The van der Waals surface area contributed by atoms with Crippen LogP contribution in [0.2, 0.25) is 0 Å². The number of methoxy groups -OCH3 is 1. The first kappa shape index (κ1) is 23.2. The van der Waals surface area contributed by atoms with Crippen LogP contribution < -0.4 is 14.4 Å². The SMILES string of the molecule is CCCCNC(=O)COC(=O)c1ccc(S(=O)(=O)N(C)c2ccccc2OC)cc1. The zero-order chi connectivity index (χ0) is 22.1. The molecule has 0 heterocycles. The van der Waals surface area contributed by atoms with Gasteiger partial charge in [-0.1, -0.05) is 25.5 Å². The van der Waals surface area contributed by atoms with Gasteiger partial charge in [0.25, 0.3) is 15.9 Å². The topological polar surface area (TPSA) is 102 Å². The number of carbonyl (C=O) groups is 2. The molecule has 0 radical (unpaired) electrons. The Balaban J connectivity index is 2.07. The van der Waals surface area contributed by atoms with Crippen LogP contribution in [0.25, 0.3) is 0 Å². The lowest BCUT2D eigenvalue weighted by Crippen LogP contribution is -2.29. The van der Waals surface area contributed by atoms with Crippen LogP contribution in [0.5, 0.6) is 5.75 Å². The van der Waals surface area contributed by atoms with Gasteiger partial charge in [0.05, 0.1) is 23.3 Å². The molecule has 2 rings (SSSR count). The molecule has 30 heavy (non-hydrogen) atoms. The molecule has 0 aromatic heterocycles. The Labute approximate surface area is 176 Å². The van der Waals surface area contributed by atoms with Crippen molar-refractivity contribution < 1.29 is 27.5 Å². The van der Waals surface area contributed by atoms with Crippen molar-refractivity contribution in [2.45, 2.75) is 24.7 Å².